The van der Waals surface area contributed by atoms with Crippen LogP contribution in [0.25, 0.3) is 5.57 Å². The number of hydrogen-bond donors (Lipinski definition) is 0. The molecule has 0 nitrogen and oxygen atoms in total. The first-order valence-corrected chi connectivity index (χ1v) is 10.5. The van der Waals surface area contributed by atoms with Gasteiger partial charge in [-0.05, 0) is 80.3 Å². The highest BCUT2D eigenvalue weighted by molar-refractivity contribution is 7.99. The normalized spacial score (nSPS) is 11.1. The summed E-state index contributed by atoms with van der Waals surface area (Å²) < 4.78 is 0. The van der Waals surface area contributed by atoms with Crippen molar-refractivity contribution in [1.29, 1.82) is 0 Å². The second-order valence-electron chi connectivity index (χ2n) is 6.64. The molecular formula is C27H30S. The summed E-state index contributed by atoms with van der Waals surface area (Å²) >= 11 is 1.92. The number of benzene rings is 2. The number of terminal acetylenes is 1. The van der Waals surface area contributed by atoms with Gasteiger partial charge in [-0.3, -0.25) is 0 Å². The van der Waals surface area contributed by atoms with E-state index in [9.17, 15) is 0 Å². The van der Waals surface area contributed by atoms with E-state index in [1.54, 1.807) is 0 Å². The molecule has 2 rings (SSSR count). The molecule has 0 fully saturated rings. The molecule has 0 amide bonds. The van der Waals surface area contributed by atoms with E-state index in [0.717, 1.165) is 11.1 Å². The summed E-state index contributed by atoms with van der Waals surface area (Å²) in [5.74, 6) is 7.71. The van der Waals surface area contributed by atoms with Crippen molar-refractivity contribution in [3.05, 3.63) is 82.4 Å². The van der Waals surface area contributed by atoms with Crippen molar-refractivity contribution in [2.75, 3.05) is 5.75 Å². The molecule has 0 aromatic heterocycles. The molecular weight excluding hydrogens is 356 g/mol. The van der Waals surface area contributed by atoms with E-state index in [-0.39, 0.29) is 0 Å². The maximum Gasteiger partial charge on any atom is 0.0252 e. The summed E-state index contributed by atoms with van der Waals surface area (Å²) in [7, 11) is 0. The predicted octanol–water partition coefficient (Wildman–Crippen LogP) is 7.46. The van der Waals surface area contributed by atoms with Crippen LogP contribution in [0.15, 0.2) is 65.1 Å². The van der Waals surface area contributed by atoms with Gasteiger partial charge in [-0.15, -0.1) is 24.6 Å². The second kappa shape index (κ2) is 12.7. The summed E-state index contributed by atoms with van der Waals surface area (Å²) in [6.07, 6.45) is 13.4. The fourth-order valence-electron chi connectivity index (χ4n) is 2.48. The van der Waals surface area contributed by atoms with Crippen molar-refractivity contribution in [2.45, 2.75) is 45.9 Å². The second-order valence-corrected chi connectivity index (χ2v) is 7.78. The van der Waals surface area contributed by atoms with E-state index in [1.165, 1.54) is 39.3 Å². The number of thioether (sulfide) groups is 1. The molecule has 0 saturated carbocycles. The van der Waals surface area contributed by atoms with Gasteiger partial charge in [0.25, 0.3) is 0 Å². The molecule has 2 aromatic carbocycles. The lowest BCUT2D eigenvalue weighted by Gasteiger charge is -2.04. The van der Waals surface area contributed by atoms with Gasteiger partial charge in [-0.25, -0.2) is 0 Å². The summed E-state index contributed by atoms with van der Waals surface area (Å²) in [6.45, 7) is 10.7. The van der Waals surface area contributed by atoms with Gasteiger partial charge in [0.05, 0.1) is 0 Å². The van der Waals surface area contributed by atoms with Crippen LogP contribution in [0.3, 0.4) is 0 Å². The van der Waals surface area contributed by atoms with E-state index in [1.807, 2.05) is 11.8 Å². The fourth-order valence-corrected chi connectivity index (χ4v) is 3.35. The summed E-state index contributed by atoms with van der Waals surface area (Å²) in [4.78, 5) is 1.36. The molecule has 0 aliphatic rings. The van der Waals surface area contributed by atoms with Crippen LogP contribution in [0.4, 0.5) is 0 Å². The summed E-state index contributed by atoms with van der Waals surface area (Å²) in [5, 5.41) is 0. The van der Waals surface area contributed by atoms with Gasteiger partial charge in [0.2, 0.25) is 0 Å². The maximum atomic E-state index is 4.00. The Morgan fingerprint density at radius 2 is 1.68 bits per heavy atom. The first-order valence-electron chi connectivity index (χ1n) is 9.50. The Labute approximate surface area is 176 Å². The van der Waals surface area contributed by atoms with Gasteiger partial charge in [0.15, 0.2) is 0 Å². The molecule has 0 unspecified atom stereocenters. The van der Waals surface area contributed by atoms with Crippen molar-refractivity contribution in [1.82, 2.24) is 0 Å². The fraction of sp³-hybridized carbons (Fsp3) is 0.259. The molecule has 0 radical (unpaired) electrons. The molecule has 2 aromatic rings. The van der Waals surface area contributed by atoms with Gasteiger partial charge < -0.3 is 0 Å². The predicted molar refractivity (Wildman–Crippen MR) is 128 cm³/mol. The van der Waals surface area contributed by atoms with Crippen LogP contribution in [-0.2, 0) is 0 Å². The van der Waals surface area contributed by atoms with Crippen LogP contribution in [0.2, 0.25) is 0 Å². The third-order valence-electron chi connectivity index (χ3n) is 4.13. The smallest absolute Gasteiger partial charge is 0.0252 e. The average molecular weight is 387 g/mol. The zero-order valence-electron chi connectivity index (χ0n) is 17.7. The first-order chi connectivity index (χ1) is 13.5. The number of aryl methyl sites for hydroxylation is 2. The lowest BCUT2D eigenvalue weighted by Crippen LogP contribution is -1.84. The minimum atomic E-state index is 1.07. The van der Waals surface area contributed by atoms with Crippen molar-refractivity contribution >= 4 is 17.3 Å². The highest BCUT2D eigenvalue weighted by Gasteiger charge is 1.99. The quantitative estimate of drug-likeness (QED) is 0.292. The Kier molecular flexibility index (Phi) is 10.6. The summed E-state index contributed by atoms with van der Waals surface area (Å²) in [6, 6.07) is 15.1. The molecule has 0 saturated heterocycles. The Bertz CT molecular complexity index is 897. The molecule has 0 aliphatic carbocycles. The Morgan fingerprint density at radius 3 is 2.29 bits per heavy atom. The van der Waals surface area contributed by atoms with E-state index >= 15 is 0 Å². The number of hydrogen-bond acceptors (Lipinski definition) is 1. The Balaban J connectivity index is 0.00000190. The number of allylic oxidation sites excluding steroid dienone is 4. The number of rotatable bonds is 5. The largest absolute Gasteiger partial charge is 0.126 e. The molecule has 28 heavy (non-hydrogen) atoms. The molecule has 144 valence electrons. The molecule has 0 N–H and O–H groups in total. The van der Waals surface area contributed by atoms with Gasteiger partial charge in [-0.1, -0.05) is 60.7 Å². The minimum absolute atomic E-state index is 1.07. The van der Waals surface area contributed by atoms with Crippen LogP contribution >= 0.6 is 11.8 Å². The van der Waals surface area contributed by atoms with E-state index < -0.39 is 0 Å². The summed E-state index contributed by atoms with van der Waals surface area (Å²) in [5.41, 5.74) is 7.25. The SMILES string of the molecule is C#C.CCCSc1ccc(C#C/C(C)=C/C=C(\C)c2ccc(C)cc2)cc1C. The zero-order chi connectivity index (χ0) is 20.9. The molecule has 0 bridgehead atoms. The topological polar surface area (TPSA) is 0 Å². The van der Waals surface area contributed by atoms with E-state index in [0.29, 0.717) is 0 Å². The first kappa shape index (κ1) is 23.4. The average Bonchev–Trinajstić information content (AvgIpc) is 2.71. The molecule has 0 atom stereocenters. The van der Waals surface area contributed by atoms with Crippen molar-refractivity contribution in [3.63, 3.8) is 0 Å². The lowest BCUT2D eigenvalue weighted by atomic mass is 10.0. The van der Waals surface area contributed by atoms with Gasteiger partial charge in [-0.2, -0.15) is 0 Å². The van der Waals surface area contributed by atoms with E-state index in [2.05, 4.69) is 114 Å². The van der Waals surface area contributed by atoms with Crippen LogP contribution in [-0.4, -0.2) is 5.75 Å². The molecule has 0 spiro atoms. The molecule has 0 heterocycles. The van der Waals surface area contributed by atoms with Gasteiger partial charge in [0, 0.05) is 10.5 Å². The van der Waals surface area contributed by atoms with E-state index in [4.69, 9.17) is 0 Å². The van der Waals surface area contributed by atoms with Crippen molar-refractivity contribution in [3.8, 4) is 24.7 Å². The van der Waals surface area contributed by atoms with Gasteiger partial charge in [0.1, 0.15) is 0 Å². The lowest BCUT2D eigenvalue weighted by molar-refractivity contribution is 1.10. The van der Waals surface area contributed by atoms with Crippen molar-refractivity contribution < 1.29 is 0 Å². The van der Waals surface area contributed by atoms with Crippen LogP contribution in [0.1, 0.15) is 49.4 Å². The minimum Gasteiger partial charge on any atom is -0.126 e. The van der Waals surface area contributed by atoms with Gasteiger partial charge >= 0.3 is 0 Å². The van der Waals surface area contributed by atoms with Crippen molar-refractivity contribution in [2.24, 2.45) is 0 Å². The Morgan fingerprint density at radius 1 is 1.00 bits per heavy atom. The Hall–Kier alpha value is -2.61. The molecule has 1 heteroatoms. The molecule has 0 aliphatic heterocycles. The van der Waals surface area contributed by atoms with Crippen LogP contribution < -0.4 is 0 Å². The highest BCUT2D eigenvalue weighted by atomic mass is 32.2. The highest BCUT2D eigenvalue weighted by Crippen LogP contribution is 2.23. The maximum absolute atomic E-state index is 4.00. The standard InChI is InChI=1S/C25H28S.C2H2/c1-6-17-26-25-16-13-23(18-22(25)5)12-8-19(2)7-11-21(4)24-14-9-20(3)10-15-24;1-2/h7,9-11,13-16,18H,6,17H2,1-5H3;1-2H/b19-7+,21-11+;. The monoisotopic (exact) mass is 386 g/mol. The zero-order valence-corrected chi connectivity index (χ0v) is 18.5. The third-order valence-corrected chi connectivity index (χ3v) is 5.51. The van der Waals surface area contributed by atoms with Crippen LogP contribution in [0, 0.1) is 38.5 Å². The third kappa shape index (κ3) is 7.96. The van der Waals surface area contributed by atoms with Crippen LogP contribution in [0.5, 0.6) is 0 Å².